The molecule has 0 saturated carbocycles. The Morgan fingerprint density at radius 1 is 1.04 bits per heavy atom. The van der Waals surface area contributed by atoms with E-state index in [4.69, 9.17) is 0 Å². The van der Waals surface area contributed by atoms with Crippen LogP contribution in [0.4, 0.5) is 0 Å². The first-order valence-corrected chi connectivity index (χ1v) is 9.27. The fourth-order valence-corrected chi connectivity index (χ4v) is 3.62. The van der Waals surface area contributed by atoms with E-state index in [0.29, 0.717) is 16.9 Å². The van der Waals surface area contributed by atoms with Crippen LogP contribution in [0.15, 0.2) is 46.1 Å². The molecule has 8 nitrogen and oxygen atoms in total. The predicted molar refractivity (Wildman–Crippen MR) is 110 cm³/mol. The highest BCUT2D eigenvalue weighted by Crippen LogP contribution is 2.25. The van der Waals surface area contributed by atoms with Gasteiger partial charge in [0.15, 0.2) is 11.2 Å². The molecule has 0 saturated heterocycles. The van der Waals surface area contributed by atoms with Crippen molar-refractivity contribution >= 4 is 16.9 Å². The first-order chi connectivity index (χ1) is 13.4. The molecule has 0 spiro atoms. The lowest BCUT2D eigenvalue weighted by Crippen LogP contribution is -2.37. The molecule has 3 heterocycles. The van der Waals surface area contributed by atoms with E-state index in [1.807, 2.05) is 55.0 Å². The van der Waals surface area contributed by atoms with Crippen LogP contribution in [0, 0.1) is 0 Å². The minimum atomic E-state index is -0.374. The third-order valence-electron chi connectivity index (χ3n) is 5.11. The van der Waals surface area contributed by atoms with Gasteiger partial charge in [0.25, 0.3) is 5.56 Å². The number of fused-ring (bicyclic) bond motifs is 3. The molecule has 8 heteroatoms. The highest BCUT2D eigenvalue weighted by atomic mass is 16.2. The summed E-state index contributed by atoms with van der Waals surface area (Å²) in [6, 6.07) is 10.1. The van der Waals surface area contributed by atoms with Gasteiger partial charge < -0.3 is 9.47 Å². The van der Waals surface area contributed by atoms with Crippen molar-refractivity contribution in [3.8, 4) is 11.3 Å². The molecule has 0 atom stereocenters. The molecule has 146 valence electrons. The van der Waals surface area contributed by atoms with Crippen molar-refractivity contribution in [1.29, 1.82) is 0 Å². The van der Waals surface area contributed by atoms with Gasteiger partial charge in [-0.15, -0.1) is 0 Å². The zero-order valence-electron chi connectivity index (χ0n) is 16.6. The molecule has 0 unspecified atom stereocenters. The number of aromatic nitrogens is 5. The lowest BCUT2D eigenvalue weighted by molar-refractivity contribution is 0.388. The number of rotatable bonds is 5. The van der Waals surface area contributed by atoms with E-state index in [1.165, 1.54) is 11.6 Å². The molecule has 0 aliphatic heterocycles. The maximum Gasteiger partial charge on any atom is 0.332 e. The van der Waals surface area contributed by atoms with Crippen LogP contribution in [0.1, 0.15) is 6.42 Å². The Balaban J connectivity index is 2.01. The molecule has 0 N–H and O–H groups in total. The summed E-state index contributed by atoms with van der Waals surface area (Å²) in [7, 11) is 7.24. The van der Waals surface area contributed by atoms with Crippen LogP contribution >= 0.6 is 0 Å². The lowest BCUT2D eigenvalue weighted by Gasteiger charge is -2.12. The topological polar surface area (TPSA) is 69.5 Å². The summed E-state index contributed by atoms with van der Waals surface area (Å²) in [5, 5.41) is 0. The van der Waals surface area contributed by atoms with Crippen molar-refractivity contribution < 1.29 is 0 Å². The third-order valence-corrected chi connectivity index (χ3v) is 5.11. The molecular formula is C20H24N6O2. The van der Waals surface area contributed by atoms with Crippen LogP contribution in [-0.4, -0.2) is 48.6 Å². The van der Waals surface area contributed by atoms with Gasteiger partial charge in [-0.05, 0) is 32.6 Å². The Bertz CT molecular complexity index is 1270. The number of nitrogens with zero attached hydrogens (tertiary/aromatic N) is 6. The number of aryl methyl sites for hydroxylation is 2. The fourth-order valence-electron chi connectivity index (χ4n) is 3.62. The summed E-state index contributed by atoms with van der Waals surface area (Å²) in [5.74, 6) is 0.672. The summed E-state index contributed by atoms with van der Waals surface area (Å²) in [6.45, 7) is 1.70. The number of benzene rings is 1. The highest BCUT2D eigenvalue weighted by molar-refractivity contribution is 5.78. The maximum atomic E-state index is 12.8. The monoisotopic (exact) mass is 380 g/mol. The Hall–Kier alpha value is -3.13. The molecule has 3 aromatic heterocycles. The Morgan fingerprint density at radius 2 is 1.75 bits per heavy atom. The standard InChI is InChI=1S/C20H24N6O2/c1-22(2)11-8-12-25-15(14-9-6-5-7-10-14)13-26-16-17(21-19(25)26)23(3)20(28)24(4)18(16)27/h5-7,9-10,13H,8,11-12H2,1-4H3. The number of hydrogen-bond donors (Lipinski definition) is 0. The molecule has 0 fully saturated rings. The summed E-state index contributed by atoms with van der Waals surface area (Å²) >= 11 is 0. The molecular weight excluding hydrogens is 356 g/mol. The van der Waals surface area contributed by atoms with E-state index in [-0.39, 0.29) is 11.2 Å². The molecule has 0 bridgehead atoms. The summed E-state index contributed by atoms with van der Waals surface area (Å²) in [4.78, 5) is 31.9. The van der Waals surface area contributed by atoms with Crippen LogP contribution < -0.4 is 11.2 Å². The molecule has 0 radical (unpaired) electrons. The largest absolute Gasteiger partial charge is 0.332 e. The number of hydrogen-bond acceptors (Lipinski definition) is 4. The average Bonchev–Trinajstić information content (AvgIpc) is 3.22. The summed E-state index contributed by atoms with van der Waals surface area (Å²) in [5.41, 5.74) is 2.18. The third kappa shape index (κ3) is 2.77. The molecule has 1 aromatic carbocycles. The minimum Gasteiger partial charge on any atom is -0.310 e. The SMILES string of the molecule is CN(C)CCCn1c(-c2ccccc2)cn2c3c(=O)n(C)c(=O)n(C)c3nc12. The van der Waals surface area contributed by atoms with Crippen LogP contribution in [0.2, 0.25) is 0 Å². The first kappa shape index (κ1) is 18.2. The zero-order valence-corrected chi connectivity index (χ0v) is 16.6. The van der Waals surface area contributed by atoms with E-state index in [2.05, 4.69) is 14.5 Å². The van der Waals surface area contributed by atoms with Gasteiger partial charge in [0.1, 0.15) is 0 Å². The van der Waals surface area contributed by atoms with E-state index in [1.54, 1.807) is 7.05 Å². The van der Waals surface area contributed by atoms with Crippen molar-refractivity contribution in [3.63, 3.8) is 0 Å². The second-order valence-electron chi connectivity index (χ2n) is 7.35. The molecule has 0 aliphatic carbocycles. The van der Waals surface area contributed by atoms with Crippen molar-refractivity contribution in [2.24, 2.45) is 14.1 Å². The smallest absolute Gasteiger partial charge is 0.310 e. The van der Waals surface area contributed by atoms with Gasteiger partial charge in [0.2, 0.25) is 5.78 Å². The first-order valence-electron chi connectivity index (χ1n) is 9.27. The lowest BCUT2D eigenvalue weighted by atomic mass is 10.1. The summed E-state index contributed by atoms with van der Waals surface area (Å²) in [6.07, 6.45) is 2.89. The van der Waals surface area contributed by atoms with Crippen LogP contribution in [0.25, 0.3) is 28.2 Å². The van der Waals surface area contributed by atoms with E-state index in [0.717, 1.165) is 35.3 Å². The van der Waals surface area contributed by atoms with Crippen LogP contribution in [0.3, 0.4) is 0 Å². The van der Waals surface area contributed by atoms with Gasteiger partial charge in [0.05, 0.1) is 5.69 Å². The Labute approximate surface area is 161 Å². The zero-order chi connectivity index (χ0) is 20.0. The van der Waals surface area contributed by atoms with Crippen molar-refractivity contribution in [3.05, 3.63) is 57.4 Å². The molecule has 4 aromatic rings. The molecule has 28 heavy (non-hydrogen) atoms. The van der Waals surface area contributed by atoms with Crippen LogP contribution in [-0.2, 0) is 20.6 Å². The molecule has 0 aliphatic rings. The van der Waals surface area contributed by atoms with Gasteiger partial charge >= 0.3 is 5.69 Å². The Morgan fingerprint density at radius 3 is 2.43 bits per heavy atom. The van der Waals surface area contributed by atoms with E-state index >= 15 is 0 Å². The maximum absolute atomic E-state index is 12.8. The van der Waals surface area contributed by atoms with Crippen LogP contribution in [0.5, 0.6) is 0 Å². The van der Waals surface area contributed by atoms with E-state index < -0.39 is 0 Å². The van der Waals surface area contributed by atoms with E-state index in [9.17, 15) is 9.59 Å². The quantitative estimate of drug-likeness (QED) is 0.523. The normalized spacial score (nSPS) is 11.9. The van der Waals surface area contributed by atoms with Gasteiger partial charge in [-0.25, -0.2) is 4.79 Å². The summed E-state index contributed by atoms with van der Waals surface area (Å²) < 4.78 is 6.50. The van der Waals surface area contributed by atoms with Gasteiger partial charge in [-0.2, -0.15) is 4.98 Å². The van der Waals surface area contributed by atoms with Crippen molar-refractivity contribution in [2.45, 2.75) is 13.0 Å². The van der Waals surface area contributed by atoms with Gasteiger partial charge in [0, 0.05) is 26.8 Å². The second kappa shape index (κ2) is 6.79. The number of imidazole rings is 2. The van der Waals surface area contributed by atoms with Gasteiger partial charge in [-0.3, -0.25) is 18.3 Å². The fraction of sp³-hybridized carbons (Fsp3) is 0.350. The molecule has 0 amide bonds. The molecule has 4 rings (SSSR count). The second-order valence-corrected chi connectivity index (χ2v) is 7.35. The van der Waals surface area contributed by atoms with Gasteiger partial charge in [-0.1, -0.05) is 30.3 Å². The highest BCUT2D eigenvalue weighted by Gasteiger charge is 2.20. The minimum absolute atomic E-state index is 0.337. The van der Waals surface area contributed by atoms with Crippen molar-refractivity contribution in [1.82, 2.24) is 28.0 Å². The average molecular weight is 380 g/mol. The Kier molecular flexibility index (Phi) is 4.43. The predicted octanol–water partition coefficient (Wildman–Crippen LogP) is 1.31. The van der Waals surface area contributed by atoms with Crippen molar-refractivity contribution in [2.75, 3.05) is 20.6 Å².